The van der Waals surface area contributed by atoms with Gasteiger partial charge in [0.15, 0.2) is 0 Å². The maximum atomic E-state index is 5.59. The first kappa shape index (κ1) is 15.0. The fraction of sp³-hybridized carbons (Fsp3) is 0.600. The predicted molar refractivity (Wildman–Crippen MR) is 76.9 cm³/mol. The average Bonchev–Trinajstić information content (AvgIpc) is 2.33. The standard InChI is InChI=1S/C15H26N2O/c1-5-18-15-7-6-14(10-12(15)2)11-17(4)13(3)8-9-16/h6-7,10,13H,5,8-9,11,16H2,1-4H3. The quantitative estimate of drug-likeness (QED) is 0.808. The summed E-state index contributed by atoms with van der Waals surface area (Å²) in [5.41, 5.74) is 8.12. The summed E-state index contributed by atoms with van der Waals surface area (Å²) in [7, 11) is 2.14. The molecule has 3 heteroatoms. The number of benzene rings is 1. The fourth-order valence-electron chi connectivity index (χ4n) is 2.03. The molecule has 0 aliphatic heterocycles. The molecule has 1 aromatic rings. The van der Waals surface area contributed by atoms with Gasteiger partial charge in [0.1, 0.15) is 5.75 Å². The first-order valence-electron chi connectivity index (χ1n) is 6.71. The van der Waals surface area contributed by atoms with Crippen molar-refractivity contribution in [3.05, 3.63) is 29.3 Å². The number of ether oxygens (including phenoxy) is 1. The molecule has 0 fully saturated rings. The van der Waals surface area contributed by atoms with Crippen LogP contribution in [0.2, 0.25) is 0 Å². The van der Waals surface area contributed by atoms with Crippen molar-refractivity contribution in [1.82, 2.24) is 4.90 Å². The highest BCUT2D eigenvalue weighted by Gasteiger charge is 2.09. The van der Waals surface area contributed by atoms with Gasteiger partial charge in [0.2, 0.25) is 0 Å². The molecule has 0 saturated heterocycles. The summed E-state index contributed by atoms with van der Waals surface area (Å²) in [5.74, 6) is 0.985. The van der Waals surface area contributed by atoms with Gasteiger partial charge < -0.3 is 10.5 Å². The second-order valence-electron chi connectivity index (χ2n) is 4.87. The van der Waals surface area contributed by atoms with Crippen LogP contribution in [0, 0.1) is 6.92 Å². The van der Waals surface area contributed by atoms with Crippen molar-refractivity contribution in [2.45, 2.75) is 39.8 Å². The van der Waals surface area contributed by atoms with Gasteiger partial charge in [-0.05, 0) is 58.0 Å². The van der Waals surface area contributed by atoms with Crippen molar-refractivity contribution in [3.8, 4) is 5.75 Å². The van der Waals surface area contributed by atoms with Gasteiger partial charge in [0.25, 0.3) is 0 Å². The van der Waals surface area contributed by atoms with E-state index in [1.807, 2.05) is 6.92 Å². The molecule has 0 aliphatic rings. The summed E-state index contributed by atoms with van der Waals surface area (Å²) in [6.07, 6.45) is 1.03. The van der Waals surface area contributed by atoms with Gasteiger partial charge in [0.05, 0.1) is 6.61 Å². The number of hydrogen-bond donors (Lipinski definition) is 1. The molecule has 0 bridgehead atoms. The Morgan fingerprint density at radius 3 is 2.67 bits per heavy atom. The minimum Gasteiger partial charge on any atom is -0.494 e. The number of rotatable bonds is 7. The third kappa shape index (κ3) is 4.31. The van der Waals surface area contributed by atoms with Crippen molar-refractivity contribution in [2.75, 3.05) is 20.2 Å². The smallest absolute Gasteiger partial charge is 0.122 e. The van der Waals surface area contributed by atoms with E-state index in [-0.39, 0.29) is 0 Å². The van der Waals surface area contributed by atoms with Crippen molar-refractivity contribution < 1.29 is 4.74 Å². The van der Waals surface area contributed by atoms with E-state index in [2.05, 4.69) is 44.0 Å². The molecule has 0 heterocycles. The monoisotopic (exact) mass is 250 g/mol. The molecule has 1 atom stereocenters. The zero-order chi connectivity index (χ0) is 13.5. The van der Waals surface area contributed by atoms with E-state index in [1.54, 1.807) is 0 Å². The summed E-state index contributed by atoms with van der Waals surface area (Å²) in [5, 5.41) is 0. The maximum absolute atomic E-state index is 5.59. The molecule has 0 radical (unpaired) electrons. The molecule has 1 rings (SSSR count). The van der Waals surface area contributed by atoms with Gasteiger partial charge in [-0.1, -0.05) is 12.1 Å². The zero-order valence-corrected chi connectivity index (χ0v) is 12.1. The minimum absolute atomic E-state index is 0.516. The van der Waals surface area contributed by atoms with Crippen LogP contribution in [0.4, 0.5) is 0 Å². The van der Waals surface area contributed by atoms with Gasteiger partial charge in [-0.15, -0.1) is 0 Å². The summed E-state index contributed by atoms with van der Waals surface area (Å²) < 4.78 is 5.55. The number of nitrogens with two attached hydrogens (primary N) is 1. The van der Waals surface area contributed by atoms with Crippen LogP contribution in [0.15, 0.2) is 18.2 Å². The normalized spacial score (nSPS) is 12.8. The number of nitrogens with zero attached hydrogens (tertiary/aromatic N) is 1. The molecule has 0 aromatic heterocycles. The van der Waals surface area contributed by atoms with E-state index in [0.717, 1.165) is 25.3 Å². The van der Waals surface area contributed by atoms with Crippen LogP contribution in [-0.2, 0) is 6.54 Å². The fourth-order valence-corrected chi connectivity index (χ4v) is 2.03. The van der Waals surface area contributed by atoms with Crippen LogP contribution in [0.1, 0.15) is 31.4 Å². The van der Waals surface area contributed by atoms with Crippen molar-refractivity contribution in [1.29, 1.82) is 0 Å². The Bertz CT molecular complexity index is 366. The average molecular weight is 250 g/mol. The second kappa shape index (κ2) is 7.39. The summed E-state index contributed by atoms with van der Waals surface area (Å²) >= 11 is 0. The Morgan fingerprint density at radius 2 is 2.11 bits per heavy atom. The summed E-state index contributed by atoms with van der Waals surface area (Å²) in [6.45, 7) is 8.73. The van der Waals surface area contributed by atoms with E-state index < -0.39 is 0 Å². The second-order valence-corrected chi connectivity index (χ2v) is 4.87. The third-order valence-corrected chi connectivity index (χ3v) is 3.31. The Labute approximate surface area is 111 Å². The van der Waals surface area contributed by atoms with Crippen molar-refractivity contribution in [3.63, 3.8) is 0 Å². The molecule has 2 N–H and O–H groups in total. The Kier molecular flexibility index (Phi) is 6.16. The Hall–Kier alpha value is -1.06. The highest BCUT2D eigenvalue weighted by atomic mass is 16.5. The van der Waals surface area contributed by atoms with E-state index in [1.165, 1.54) is 11.1 Å². The van der Waals surface area contributed by atoms with Gasteiger partial charge in [-0.2, -0.15) is 0 Å². The van der Waals surface area contributed by atoms with E-state index in [0.29, 0.717) is 12.6 Å². The largest absolute Gasteiger partial charge is 0.494 e. The van der Waals surface area contributed by atoms with Crippen LogP contribution in [-0.4, -0.2) is 31.1 Å². The molecule has 102 valence electrons. The van der Waals surface area contributed by atoms with Crippen LogP contribution in [0.5, 0.6) is 5.75 Å². The molecule has 0 aliphatic carbocycles. The molecule has 3 nitrogen and oxygen atoms in total. The Morgan fingerprint density at radius 1 is 1.39 bits per heavy atom. The molecule has 0 spiro atoms. The topological polar surface area (TPSA) is 38.5 Å². The van der Waals surface area contributed by atoms with Crippen molar-refractivity contribution >= 4 is 0 Å². The maximum Gasteiger partial charge on any atom is 0.122 e. The van der Waals surface area contributed by atoms with E-state index >= 15 is 0 Å². The summed E-state index contributed by atoms with van der Waals surface area (Å²) in [4.78, 5) is 2.34. The van der Waals surface area contributed by atoms with Gasteiger partial charge in [-0.3, -0.25) is 4.90 Å². The number of aryl methyl sites for hydroxylation is 1. The van der Waals surface area contributed by atoms with E-state index in [9.17, 15) is 0 Å². The highest BCUT2D eigenvalue weighted by molar-refractivity contribution is 5.36. The third-order valence-electron chi connectivity index (χ3n) is 3.31. The highest BCUT2D eigenvalue weighted by Crippen LogP contribution is 2.20. The molecule has 18 heavy (non-hydrogen) atoms. The molecule has 0 saturated carbocycles. The lowest BCUT2D eigenvalue weighted by atomic mass is 10.1. The molecule has 1 aromatic carbocycles. The van der Waals surface area contributed by atoms with Crippen LogP contribution in [0.25, 0.3) is 0 Å². The SMILES string of the molecule is CCOc1ccc(CN(C)C(C)CCN)cc1C. The zero-order valence-electron chi connectivity index (χ0n) is 12.1. The van der Waals surface area contributed by atoms with Crippen LogP contribution in [0.3, 0.4) is 0 Å². The van der Waals surface area contributed by atoms with Crippen LogP contribution >= 0.6 is 0 Å². The lowest BCUT2D eigenvalue weighted by Gasteiger charge is -2.24. The lowest BCUT2D eigenvalue weighted by molar-refractivity contribution is 0.240. The molecule has 0 amide bonds. The van der Waals surface area contributed by atoms with Crippen molar-refractivity contribution in [2.24, 2.45) is 5.73 Å². The van der Waals surface area contributed by atoms with Gasteiger partial charge in [0, 0.05) is 12.6 Å². The van der Waals surface area contributed by atoms with E-state index in [4.69, 9.17) is 10.5 Å². The Balaban J connectivity index is 2.65. The predicted octanol–water partition coefficient (Wildman–Crippen LogP) is 2.56. The molecule has 1 unspecified atom stereocenters. The molecular formula is C15H26N2O. The minimum atomic E-state index is 0.516. The first-order chi connectivity index (χ1) is 8.58. The first-order valence-corrected chi connectivity index (χ1v) is 6.71. The van der Waals surface area contributed by atoms with Gasteiger partial charge in [-0.25, -0.2) is 0 Å². The van der Waals surface area contributed by atoms with Gasteiger partial charge >= 0.3 is 0 Å². The number of hydrogen-bond acceptors (Lipinski definition) is 3. The molecular weight excluding hydrogens is 224 g/mol. The lowest BCUT2D eigenvalue weighted by Crippen LogP contribution is -2.30. The summed E-state index contributed by atoms with van der Waals surface area (Å²) in [6, 6.07) is 6.93. The van der Waals surface area contributed by atoms with Crippen LogP contribution < -0.4 is 10.5 Å².